The molecule has 0 aliphatic carbocycles. The van der Waals surface area contributed by atoms with Gasteiger partial charge in [-0.3, -0.25) is 4.90 Å². The van der Waals surface area contributed by atoms with Gasteiger partial charge in [-0.25, -0.2) is 4.99 Å². The van der Waals surface area contributed by atoms with E-state index in [1.165, 1.54) is 32.4 Å². The van der Waals surface area contributed by atoms with Gasteiger partial charge < -0.3 is 19.5 Å². The SMILES string of the molecule is Cc1nnc(CN=C(NCC2CCCO2)N2CCC(N3CCCC3)C2)n1C.I. The van der Waals surface area contributed by atoms with Gasteiger partial charge in [-0.2, -0.15) is 0 Å². The second-order valence-electron chi connectivity index (χ2n) is 8.01. The lowest BCUT2D eigenvalue weighted by Gasteiger charge is -2.26. The number of likely N-dealkylation sites (tertiary alicyclic amines) is 2. The molecule has 0 aromatic carbocycles. The van der Waals surface area contributed by atoms with Gasteiger partial charge in [0.1, 0.15) is 12.4 Å². The number of aryl methyl sites for hydroxylation is 1. The molecule has 3 fully saturated rings. The quantitative estimate of drug-likeness (QED) is 0.374. The zero-order valence-corrected chi connectivity index (χ0v) is 19.5. The highest BCUT2D eigenvalue weighted by Crippen LogP contribution is 2.21. The Labute approximate surface area is 185 Å². The molecule has 3 saturated heterocycles. The molecule has 1 aromatic heterocycles. The van der Waals surface area contributed by atoms with Gasteiger partial charge in [0.15, 0.2) is 11.8 Å². The summed E-state index contributed by atoms with van der Waals surface area (Å²) in [6.07, 6.45) is 6.53. The van der Waals surface area contributed by atoms with E-state index in [-0.39, 0.29) is 24.0 Å². The molecule has 4 heterocycles. The lowest BCUT2D eigenvalue weighted by molar-refractivity contribution is 0.113. The van der Waals surface area contributed by atoms with Crippen LogP contribution in [0.15, 0.2) is 4.99 Å². The van der Waals surface area contributed by atoms with Gasteiger partial charge in [0.05, 0.1) is 6.10 Å². The third-order valence-corrected chi connectivity index (χ3v) is 6.18. The van der Waals surface area contributed by atoms with Crippen molar-refractivity contribution in [2.45, 2.75) is 57.7 Å². The summed E-state index contributed by atoms with van der Waals surface area (Å²) in [7, 11) is 2.00. The van der Waals surface area contributed by atoms with E-state index >= 15 is 0 Å². The molecular weight excluding hydrogens is 469 g/mol. The van der Waals surface area contributed by atoms with Crippen LogP contribution in [-0.4, -0.2) is 82.0 Å². The van der Waals surface area contributed by atoms with E-state index < -0.39 is 0 Å². The molecule has 0 amide bonds. The van der Waals surface area contributed by atoms with Crippen molar-refractivity contribution in [3.8, 4) is 0 Å². The summed E-state index contributed by atoms with van der Waals surface area (Å²) in [6, 6.07) is 0.666. The van der Waals surface area contributed by atoms with E-state index in [9.17, 15) is 0 Å². The number of guanidine groups is 1. The zero-order chi connectivity index (χ0) is 18.6. The van der Waals surface area contributed by atoms with Crippen LogP contribution in [-0.2, 0) is 18.3 Å². The standard InChI is InChI=1S/C19H33N7O.HI/c1-15-22-23-18(24(15)2)13-21-19(20-12-17-6-5-11-27-17)26-10-7-16(14-26)25-8-3-4-9-25;/h16-17H,3-14H2,1-2H3,(H,20,21);1H. The fourth-order valence-electron chi connectivity index (χ4n) is 4.35. The first kappa shape index (κ1) is 21.8. The van der Waals surface area contributed by atoms with E-state index in [0.29, 0.717) is 18.7 Å². The largest absolute Gasteiger partial charge is 0.376 e. The molecule has 2 atom stereocenters. The molecule has 0 saturated carbocycles. The zero-order valence-electron chi connectivity index (χ0n) is 17.1. The molecule has 3 aliphatic rings. The van der Waals surface area contributed by atoms with Crippen LogP contribution in [0.5, 0.6) is 0 Å². The maximum atomic E-state index is 5.78. The molecule has 0 radical (unpaired) electrons. The number of aliphatic imine (C=N–C) groups is 1. The van der Waals surface area contributed by atoms with Crippen LogP contribution in [0.3, 0.4) is 0 Å². The third-order valence-electron chi connectivity index (χ3n) is 6.18. The summed E-state index contributed by atoms with van der Waals surface area (Å²) in [5.41, 5.74) is 0. The van der Waals surface area contributed by atoms with Crippen molar-refractivity contribution in [1.29, 1.82) is 0 Å². The summed E-state index contributed by atoms with van der Waals surface area (Å²) in [6.45, 7) is 8.89. The molecule has 0 spiro atoms. The van der Waals surface area contributed by atoms with E-state index in [4.69, 9.17) is 9.73 Å². The Bertz CT molecular complexity index is 653. The van der Waals surface area contributed by atoms with Crippen LogP contribution in [0, 0.1) is 6.92 Å². The average Bonchev–Trinajstić information content (AvgIpc) is 3.45. The fraction of sp³-hybridized carbons (Fsp3) is 0.842. The topological polar surface area (TPSA) is 70.8 Å². The lowest BCUT2D eigenvalue weighted by Crippen LogP contribution is -2.45. The first-order valence-corrected chi connectivity index (χ1v) is 10.4. The molecule has 1 N–H and O–H groups in total. The minimum absolute atomic E-state index is 0. The highest BCUT2D eigenvalue weighted by molar-refractivity contribution is 14.0. The van der Waals surface area contributed by atoms with E-state index in [1.807, 2.05) is 18.5 Å². The van der Waals surface area contributed by atoms with Gasteiger partial charge in [0.25, 0.3) is 0 Å². The minimum Gasteiger partial charge on any atom is -0.376 e. The van der Waals surface area contributed by atoms with Gasteiger partial charge in [-0.05, 0) is 52.1 Å². The molecule has 9 heteroatoms. The van der Waals surface area contributed by atoms with Crippen molar-refractivity contribution in [2.75, 3.05) is 39.3 Å². The number of hydrogen-bond acceptors (Lipinski definition) is 5. The van der Waals surface area contributed by atoms with Crippen molar-refractivity contribution in [3.63, 3.8) is 0 Å². The van der Waals surface area contributed by atoms with E-state index in [2.05, 4.69) is 25.3 Å². The summed E-state index contributed by atoms with van der Waals surface area (Å²) in [4.78, 5) is 9.98. The Kier molecular flexibility index (Phi) is 7.93. The number of nitrogens with zero attached hydrogens (tertiary/aromatic N) is 6. The second-order valence-corrected chi connectivity index (χ2v) is 8.01. The average molecular weight is 503 g/mol. The van der Waals surface area contributed by atoms with Crippen LogP contribution >= 0.6 is 24.0 Å². The van der Waals surface area contributed by atoms with Gasteiger partial charge in [-0.15, -0.1) is 34.2 Å². The molecule has 28 heavy (non-hydrogen) atoms. The predicted octanol–water partition coefficient (Wildman–Crippen LogP) is 1.54. The maximum Gasteiger partial charge on any atom is 0.194 e. The van der Waals surface area contributed by atoms with E-state index in [1.54, 1.807) is 0 Å². The first-order chi connectivity index (χ1) is 13.2. The fourth-order valence-corrected chi connectivity index (χ4v) is 4.35. The van der Waals surface area contributed by atoms with Crippen molar-refractivity contribution in [1.82, 2.24) is 29.9 Å². The lowest BCUT2D eigenvalue weighted by atomic mass is 10.2. The van der Waals surface area contributed by atoms with E-state index in [0.717, 1.165) is 56.7 Å². The number of aromatic nitrogens is 3. The highest BCUT2D eigenvalue weighted by atomic mass is 127. The highest BCUT2D eigenvalue weighted by Gasteiger charge is 2.31. The summed E-state index contributed by atoms with van der Waals surface area (Å²) in [5, 5.41) is 12.0. The molecule has 0 bridgehead atoms. The molecule has 8 nitrogen and oxygen atoms in total. The van der Waals surface area contributed by atoms with Crippen LogP contribution in [0.1, 0.15) is 43.8 Å². The number of hydrogen-bond donors (Lipinski definition) is 1. The summed E-state index contributed by atoms with van der Waals surface area (Å²) >= 11 is 0. The Morgan fingerprint density at radius 2 is 2.00 bits per heavy atom. The van der Waals surface area contributed by atoms with Crippen LogP contribution in [0.2, 0.25) is 0 Å². The molecule has 1 aromatic rings. The third kappa shape index (κ3) is 5.15. The molecule has 158 valence electrons. The smallest absolute Gasteiger partial charge is 0.194 e. The van der Waals surface area contributed by atoms with Gasteiger partial charge >= 0.3 is 0 Å². The van der Waals surface area contributed by atoms with Gasteiger partial charge in [0.2, 0.25) is 0 Å². The minimum atomic E-state index is 0. The Hall–Kier alpha value is -0.940. The second kappa shape index (κ2) is 10.2. The number of halogens is 1. The summed E-state index contributed by atoms with van der Waals surface area (Å²) < 4.78 is 7.80. The van der Waals surface area contributed by atoms with Crippen LogP contribution in [0.25, 0.3) is 0 Å². The van der Waals surface area contributed by atoms with Crippen molar-refractivity contribution >= 4 is 29.9 Å². The van der Waals surface area contributed by atoms with Gasteiger partial charge in [-0.1, -0.05) is 0 Å². The Morgan fingerprint density at radius 1 is 1.18 bits per heavy atom. The maximum absolute atomic E-state index is 5.78. The van der Waals surface area contributed by atoms with Crippen molar-refractivity contribution < 1.29 is 4.74 Å². The van der Waals surface area contributed by atoms with Crippen molar-refractivity contribution in [2.24, 2.45) is 12.0 Å². The Morgan fingerprint density at radius 3 is 2.68 bits per heavy atom. The van der Waals surface area contributed by atoms with Gasteiger partial charge in [0, 0.05) is 39.3 Å². The number of rotatable bonds is 5. The Balaban J connectivity index is 0.00000225. The molecule has 4 rings (SSSR count). The molecular formula is C19H34IN7O. The van der Waals surface area contributed by atoms with Crippen LogP contribution in [0.4, 0.5) is 0 Å². The first-order valence-electron chi connectivity index (χ1n) is 10.4. The normalized spacial score (nSPS) is 26.1. The number of ether oxygens (including phenoxy) is 1. The van der Waals surface area contributed by atoms with Crippen LogP contribution < -0.4 is 5.32 Å². The number of nitrogens with one attached hydrogen (secondary N) is 1. The molecule has 3 aliphatic heterocycles. The van der Waals surface area contributed by atoms with Crippen molar-refractivity contribution in [3.05, 3.63) is 11.6 Å². The monoisotopic (exact) mass is 503 g/mol. The molecule has 2 unspecified atom stereocenters. The predicted molar refractivity (Wildman–Crippen MR) is 120 cm³/mol. The summed E-state index contributed by atoms with van der Waals surface area (Å²) in [5.74, 6) is 2.82.